The number of allylic oxidation sites excluding steroid dienone is 2. The van der Waals surface area contributed by atoms with Gasteiger partial charge in [-0.2, -0.15) is 5.48 Å². The molecule has 1 atom stereocenters. The summed E-state index contributed by atoms with van der Waals surface area (Å²) in [6.07, 6.45) is 2.00. The lowest BCUT2D eigenvalue weighted by atomic mass is 9.96. The van der Waals surface area contributed by atoms with Crippen molar-refractivity contribution in [3.63, 3.8) is 0 Å². The first-order valence-electron chi connectivity index (χ1n) is 4.13. The molecule has 0 saturated carbocycles. The molecular formula is C9H19NO. The summed E-state index contributed by atoms with van der Waals surface area (Å²) in [4.78, 5) is 5.23. The first-order chi connectivity index (χ1) is 5.13. The van der Waals surface area contributed by atoms with Crippen LogP contribution in [0, 0.1) is 11.8 Å². The van der Waals surface area contributed by atoms with Gasteiger partial charge in [-0.3, -0.25) is 0 Å². The summed E-state index contributed by atoms with van der Waals surface area (Å²) >= 11 is 0. The molecule has 0 spiro atoms. The molecule has 0 bridgehead atoms. The van der Waals surface area contributed by atoms with E-state index in [-0.39, 0.29) is 0 Å². The van der Waals surface area contributed by atoms with Crippen LogP contribution in [0.2, 0.25) is 0 Å². The predicted octanol–water partition coefficient (Wildman–Crippen LogP) is 2.33. The molecule has 66 valence electrons. The summed E-state index contributed by atoms with van der Waals surface area (Å²) in [6, 6.07) is 0. The monoisotopic (exact) mass is 157 g/mol. The molecule has 1 unspecified atom stereocenters. The van der Waals surface area contributed by atoms with Crippen molar-refractivity contribution in [3.05, 3.63) is 11.8 Å². The van der Waals surface area contributed by atoms with Crippen LogP contribution in [0.3, 0.4) is 0 Å². The van der Waals surface area contributed by atoms with Crippen LogP contribution in [0.4, 0.5) is 0 Å². The molecule has 1 N–H and O–H groups in total. The predicted molar refractivity (Wildman–Crippen MR) is 47.9 cm³/mol. The largest absolute Gasteiger partial charge is 0.414 e. The van der Waals surface area contributed by atoms with E-state index in [1.165, 1.54) is 0 Å². The van der Waals surface area contributed by atoms with Crippen molar-refractivity contribution in [3.8, 4) is 0 Å². The van der Waals surface area contributed by atoms with Gasteiger partial charge in [0.2, 0.25) is 0 Å². The van der Waals surface area contributed by atoms with Crippen LogP contribution in [-0.4, -0.2) is 7.05 Å². The molecule has 0 amide bonds. The third-order valence-corrected chi connectivity index (χ3v) is 1.95. The summed E-state index contributed by atoms with van der Waals surface area (Å²) in [7, 11) is 1.77. The molecule has 0 fully saturated rings. The molecule has 2 nitrogen and oxygen atoms in total. The molecule has 0 saturated heterocycles. The molecule has 11 heavy (non-hydrogen) atoms. The smallest absolute Gasteiger partial charge is 0.123 e. The lowest BCUT2D eigenvalue weighted by Gasteiger charge is -2.18. The van der Waals surface area contributed by atoms with E-state index in [2.05, 4.69) is 26.3 Å². The second-order valence-corrected chi connectivity index (χ2v) is 3.03. The Hall–Kier alpha value is -0.500. The molecule has 0 aromatic carbocycles. The van der Waals surface area contributed by atoms with Gasteiger partial charge in [0.15, 0.2) is 0 Å². The van der Waals surface area contributed by atoms with E-state index in [0.717, 1.165) is 5.76 Å². The number of hydroxylamine groups is 1. The Labute approximate surface area is 69.6 Å². The maximum Gasteiger partial charge on any atom is 0.123 e. The first kappa shape index (κ1) is 10.5. The van der Waals surface area contributed by atoms with Crippen LogP contribution in [0.25, 0.3) is 0 Å². The van der Waals surface area contributed by atoms with Crippen molar-refractivity contribution in [2.24, 2.45) is 11.8 Å². The SMILES string of the molecule is C/C=C(\ONC)C(C)C(C)C. The molecule has 0 aliphatic rings. The topological polar surface area (TPSA) is 21.3 Å². The van der Waals surface area contributed by atoms with Gasteiger partial charge in [0.25, 0.3) is 0 Å². The highest BCUT2D eigenvalue weighted by molar-refractivity contribution is 4.95. The van der Waals surface area contributed by atoms with Crippen LogP contribution in [0.15, 0.2) is 11.8 Å². The molecule has 0 heterocycles. The molecule has 2 heteroatoms. The standard InChI is InChI=1S/C9H19NO/c1-6-9(11-10-5)8(4)7(2)3/h6-8,10H,1-5H3/b9-6-. The minimum Gasteiger partial charge on any atom is -0.414 e. The molecule has 0 aliphatic carbocycles. The first-order valence-corrected chi connectivity index (χ1v) is 4.13. The highest BCUT2D eigenvalue weighted by Gasteiger charge is 2.12. The third kappa shape index (κ3) is 3.42. The van der Waals surface area contributed by atoms with E-state index in [9.17, 15) is 0 Å². The summed E-state index contributed by atoms with van der Waals surface area (Å²) in [5.41, 5.74) is 2.69. The molecule has 0 aromatic heterocycles. The second-order valence-electron chi connectivity index (χ2n) is 3.03. The fraction of sp³-hybridized carbons (Fsp3) is 0.778. The van der Waals surface area contributed by atoms with Crippen molar-refractivity contribution in [1.82, 2.24) is 5.48 Å². The van der Waals surface area contributed by atoms with Gasteiger partial charge < -0.3 is 4.84 Å². The summed E-state index contributed by atoms with van der Waals surface area (Å²) in [5.74, 6) is 2.12. The van der Waals surface area contributed by atoms with Gasteiger partial charge in [-0.1, -0.05) is 20.8 Å². The summed E-state index contributed by atoms with van der Waals surface area (Å²) < 4.78 is 0. The summed E-state index contributed by atoms with van der Waals surface area (Å²) in [6.45, 7) is 8.53. The quantitative estimate of drug-likeness (QED) is 0.499. The number of rotatable bonds is 4. The zero-order valence-corrected chi connectivity index (χ0v) is 8.14. The van der Waals surface area contributed by atoms with Crippen LogP contribution in [0.1, 0.15) is 27.7 Å². The summed E-state index contributed by atoms with van der Waals surface area (Å²) in [5, 5.41) is 0. The second kappa shape index (κ2) is 5.19. The number of hydrogen-bond acceptors (Lipinski definition) is 2. The Morgan fingerprint density at radius 2 is 1.91 bits per heavy atom. The van der Waals surface area contributed by atoms with Gasteiger partial charge in [-0.15, -0.1) is 0 Å². The van der Waals surface area contributed by atoms with Gasteiger partial charge in [0.1, 0.15) is 5.76 Å². The van der Waals surface area contributed by atoms with E-state index in [1.54, 1.807) is 7.05 Å². The fourth-order valence-electron chi connectivity index (χ4n) is 0.861. The third-order valence-electron chi connectivity index (χ3n) is 1.95. The minimum atomic E-state index is 0.479. The Kier molecular flexibility index (Phi) is 4.95. The number of hydrogen-bond donors (Lipinski definition) is 1. The lowest BCUT2D eigenvalue weighted by Crippen LogP contribution is -2.15. The fourth-order valence-corrected chi connectivity index (χ4v) is 0.861. The maximum atomic E-state index is 5.23. The van der Waals surface area contributed by atoms with Gasteiger partial charge in [0, 0.05) is 13.0 Å². The van der Waals surface area contributed by atoms with Crippen molar-refractivity contribution in [2.45, 2.75) is 27.7 Å². The van der Waals surface area contributed by atoms with Crippen LogP contribution >= 0.6 is 0 Å². The Morgan fingerprint density at radius 1 is 1.36 bits per heavy atom. The van der Waals surface area contributed by atoms with Gasteiger partial charge >= 0.3 is 0 Å². The highest BCUT2D eigenvalue weighted by Crippen LogP contribution is 2.19. The van der Waals surface area contributed by atoms with Crippen LogP contribution < -0.4 is 5.48 Å². The van der Waals surface area contributed by atoms with Crippen molar-refractivity contribution in [1.29, 1.82) is 0 Å². The number of nitrogens with one attached hydrogen (secondary N) is 1. The van der Waals surface area contributed by atoms with Crippen LogP contribution in [-0.2, 0) is 4.84 Å². The van der Waals surface area contributed by atoms with Gasteiger partial charge in [0.05, 0.1) is 0 Å². The van der Waals surface area contributed by atoms with Crippen molar-refractivity contribution < 1.29 is 4.84 Å². The van der Waals surface area contributed by atoms with E-state index in [4.69, 9.17) is 4.84 Å². The minimum absolute atomic E-state index is 0.479. The molecule has 0 aliphatic heterocycles. The van der Waals surface area contributed by atoms with Gasteiger partial charge in [-0.25, -0.2) is 0 Å². The molecule has 0 radical (unpaired) electrons. The van der Waals surface area contributed by atoms with E-state index >= 15 is 0 Å². The Bertz CT molecular complexity index is 130. The zero-order valence-electron chi connectivity index (χ0n) is 8.14. The lowest BCUT2D eigenvalue weighted by molar-refractivity contribution is 0.0932. The molecule has 0 aromatic rings. The molecule has 0 rings (SSSR count). The van der Waals surface area contributed by atoms with E-state index < -0.39 is 0 Å². The van der Waals surface area contributed by atoms with E-state index in [0.29, 0.717) is 11.8 Å². The Morgan fingerprint density at radius 3 is 2.18 bits per heavy atom. The average Bonchev–Trinajstić information content (AvgIpc) is 1.98. The van der Waals surface area contributed by atoms with Gasteiger partial charge in [-0.05, 0) is 18.9 Å². The maximum absolute atomic E-state index is 5.23. The Balaban J connectivity index is 4.04. The van der Waals surface area contributed by atoms with Crippen molar-refractivity contribution in [2.75, 3.05) is 7.05 Å². The highest BCUT2D eigenvalue weighted by atomic mass is 16.6. The normalized spacial score (nSPS) is 15.3. The van der Waals surface area contributed by atoms with Crippen LogP contribution in [0.5, 0.6) is 0 Å². The zero-order chi connectivity index (χ0) is 8.85. The van der Waals surface area contributed by atoms with E-state index in [1.807, 2.05) is 13.0 Å². The van der Waals surface area contributed by atoms with Crippen molar-refractivity contribution >= 4 is 0 Å². The molecular weight excluding hydrogens is 138 g/mol. The average molecular weight is 157 g/mol.